The number of hydrogen-bond acceptors (Lipinski definition) is 5. The van der Waals surface area contributed by atoms with Gasteiger partial charge in [-0.15, -0.1) is 11.3 Å². The van der Waals surface area contributed by atoms with Crippen LogP contribution in [0, 0.1) is 11.3 Å². The topological polar surface area (TPSA) is 71.6 Å². The first-order valence-electron chi connectivity index (χ1n) is 9.55. The lowest BCUT2D eigenvalue weighted by Crippen LogP contribution is -2.23. The van der Waals surface area contributed by atoms with Gasteiger partial charge in [0.15, 0.2) is 0 Å². The van der Waals surface area contributed by atoms with E-state index in [9.17, 15) is 4.79 Å². The van der Waals surface area contributed by atoms with Crippen LogP contribution in [0.3, 0.4) is 0 Å². The zero-order chi connectivity index (χ0) is 20.5. The van der Waals surface area contributed by atoms with Crippen LogP contribution in [-0.2, 0) is 13.0 Å². The number of para-hydroxylation sites is 1. The molecule has 0 spiro atoms. The van der Waals surface area contributed by atoms with Gasteiger partial charge in [-0.2, -0.15) is 10.4 Å². The van der Waals surface area contributed by atoms with E-state index < -0.39 is 0 Å². The van der Waals surface area contributed by atoms with Gasteiger partial charge in [-0.3, -0.25) is 9.78 Å². The average Bonchev–Trinajstić information content (AvgIpc) is 3.23. The van der Waals surface area contributed by atoms with Gasteiger partial charge in [0.25, 0.3) is 5.56 Å². The van der Waals surface area contributed by atoms with Crippen LogP contribution < -0.4 is 5.56 Å². The van der Waals surface area contributed by atoms with Crippen molar-refractivity contribution in [1.29, 1.82) is 5.26 Å². The smallest absolute Gasteiger partial charge is 0.267 e. The number of rotatable bonds is 4. The number of benzene rings is 2. The SMILES string of the molecule is N#Cc1ccc(-c2csc3cnn(CCc4ccc5ccccc5n4)c(=O)c23)cc1. The summed E-state index contributed by atoms with van der Waals surface area (Å²) in [7, 11) is 0. The fourth-order valence-corrected chi connectivity index (χ4v) is 4.48. The summed E-state index contributed by atoms with van der Waals surface area (Å²) in [5.74, 6) is 0. The van der Waals surface area contributed by atoms with Crippen molar-refractivity contribution >= 4 is 32.3 Å². The fourth-order valence-electron chi connectivity index (χ4n) is 3.56. The number of hydrogen-bond donors (Lipinski definition) is 0. The van der Waals surface area contributed by atoms with E-state index in [1.165, 1.54) is 16.0 Å². The fraction of sp³-hybridized carbons (Fsp3) is 0.0833. The van der Waals surface area contributed by atoms with E-state index >= 15 is 0 Å². The third-order valence-electron chi connectivity index (χ3n) is 5.14. The number of aryl methyl sites for hydroxylation is 2. The van der Waals surface area contributed by atoms with E-state index in [0.717, 1.165) is 32.4 Å². The minimum Gasteiger partial charge on any atom is -0.267 e. The molecule has 0 aliphatic carbocycles. The summed E-state index contributed by atoms with van der Waals surface area (Å²) in [6.45, 7) is 0.461. The summed E-state index contributed by atoms with van der Waals surface area (Å²) in [5, 5.41) is 17.1. The van der Waals surface area contributed by atoms with Crippen LogP contribution >= 0.6 is 11.3 Å². The van der Waals surface area contributed by atoms with E-state index in [1.807, 2.05) is 47.8 Å². The number of pyridine rings is 1. The Kier molecular flexibility index (Phi) is 4.58. The first-order chi connectivity index (χ1) is 14.7. The molecule has 0 N–H and O–H groups in total. The van der Waals surface area contributed by atoms with E-state index in [4.69, 9.17) is 5.26 Å². The summed E-state index contributed by atoms with van der Waals surface area (Å²) in [6.07, 6.45) is 2.38. The van der Waals surface area contributed by atoms with E-state index in [1.54, 1.807) is 18.3 Å². The molecule has 5 rings (SSSR count). The van der Waals surface area contributed by atoms with Crippen LogP contribution in [0.2, 0.25) is 0 Å². The molecule has 0 saturated carbocycles. The molecular formula is C24H16N4OS. The number of nitriles is 1. The molecule has 0 atom stereocenters. The van der Waals surface area contributed by atoms with Crippen LogP contribution in [0.1, 0.15) is 11.3 Å². The maximum Gasteiger partial charge on any atom is 0.276 e. The van der Waals surface area contributed by atoms with Gasteiger partial charge in [-0.25, -0.2) is 4.68 Å². The van der Waals surface area contributed by atoms with Crippen LogP contribution in [0.5, 0.6) is 0 Å². The molecule has 3 heterocycles. The predicted molar refractivity (Wildman–Crippen MR) is 119 cm³/mol. The summed E-state index contributed by atoms with van der Waals surface area (Å²) < 4.78 is 2.37. The maximum absolute atomic E-state index is 13.2. The Morgan fingerprint density at radius 2 is 1.87 bits per heavy atom. The van der Waals surface area contributed by atoms with Crippen molar-refractivity contribution in [3.63, 3.8) is 0 Å². The second kappa shape index (κ2) is 7.54. The normalized spacial score (nSPS) is 11.0. The van der Waals surface area contributed by atoms with Crippen molar-refractivity contribution < 1.29 is 0 Å². The molecule has 5 nitrogen and oxygen atoms in total. The Labute approximate surface area is 176 Å². The second-order valence-corrected chi connectivity index (χ2v) is 7.91. The van der Waals surface area contributed by atoms with Gasteiger partial charge < -0.3 is 0 Å². The minimum atomic E-state index is -0.103. The van der Waals surface area contributed by atoms with E-state index in [-0.39, 0.29) is 5.56 Å². The molecular weight excluding hydrogens is 392 g/mol. The highest BCUT2D eigenvalue weighted by Crippen LogP contribution is 2.31. The molecule has 0 aliphatic heterocycles. The first-order valence-corrected chi connectivity index (χ1v) is 10.4. The largest absolute Gasteiger partial charge is 0.276 e. The number of nitrogens with zero attached hydrogens (tertiary/aromatic N) is 4. The maximum atomic E-state index is 13.2. The summed E-state index contributed by atoms with van der Waals surface area (Å²) in [5.41, 5.74) is 4.18. The molecule has 0 unspecified atom stereocenters. The Morgan fingerprint density at radius 1 is 1.03 bits per heavy atom. The highest BCUT2D eigenvalue weighted by atomic mass is 32.1. The molecule has 0 radical (unpaired) electrons. The van der Waals surface area contributed by atoms with Crippen LogP contribution in [0.15, 0.2) is 77.0 Å². The molecule has 144 valence electrons. The van der Waals surface area contributed by atoms with Crippen LogP contribution in [0.25, 0.3) is 32.1 Å². The molecule has 2 aromatic carbocycles. The van der Waals surface area contributed by atoms with Crippen LogP contribution in [0.4, 0.5) is 0 Å². The Balaban J connectivity index is 1.48. The predicted octanol–water partition coefficient (Wildman–Crippen LogP) is 4.79. The number of thiophene rings is 1. The molecule has 0 aliphatic rings. The summed E-state index contributed by atoms with van der Waals surface area (Å²) in [4.78, 5) is 17.9. The summed E-state index contributed by atoms with van der Waals surface area (Å²) in [6, 6.07) is 21.5. The standard InChI is InChI=1S/C24H16N4OS/c25-13-16-5-7-17(8-6-16)20-15-30-22-14-26-28(24(29)23(20)22)12-11-19-10-9-18-3-1-2-4-21(18)27-19/h1-10,14-15H,11-12H2. The van der Waals surface area contributed by atoms with Gasteiger partial charge >= 0.3 is 0 Å². The molecule has 0 fully saturated rings. The molecule has 6 heteroatoms. The highest BCUT2D eigenvalue weighted by Gasteiger charge is 2.13. The van der Waals surface area contributed by atoms with Gasteiger partial charge in [0.05, 0.1) is 40.0 Å². The molecule has 0 saturated heterocycles. The van der Waals surface area contributed by atoms with Crippen molar-refractivity contribution in [3.05, 3.63) is 93.9 Å². The van der Waals surface area contributed by atoms with Gasteiger partial charge in [0.2, 0.25) is 0 Å². The Bertz CT molecular complexity index is 1480. The van der Waals surface area contributed by atoms with Crippen molar-refractivity contribution in [2.45, 2.75) is 13.0 Å². The lowest BCUT2D eigenvalue weighted by molar-refractivity contribution is 0.580. The average molecular weight is 408 g/mol. The molecule has 0 bridgehead atoms. The van der Waals surface area contributed by atoms with Crippen molar-refractivity contribution in [2.24, 2.45) is 0 Å². The Hall–Kier alpha value is -3.82. The van der Waals surface area contributed by atoms with Gasteiger partial charge in [-0.05, 0) is 29.8 Å². The monoisotopic (exact) mass is 408 g/mol. The van der Waals surface area contributed by atoms with Gasteiger partial charge in [0, 0.05) is 28.4 Å². The lowest BCUT2D eigenvalue weighted by Gasteiger charge is -2.06. The second-order valence-electron chi connectivity index (χ2n) is 7.00. The van der Waals surface area contributed by atoms with Crippen molar-refractivity contribution in [3.8, 4) is 17.2 Å². The van der Waals surface area contributed by atoms with E-state index in [0.29, 0.717) is 23.9 Å². The van der Waals surface area contributed by atoms with E-state index in [2.05, 4.69) is 22.2 Å². The third kappa shape index (κ3) is 3.25. The molecule has 0 amide bonds. The summed E-state index contributed by atoms with van der Waals surface area (Å²) >= 11 is 1.50. The quantitative estimate of drug-likeness (QED) is 0.429. The first kappa shape index (κ1) is 18.2. The van der Waals surface area contributed by atoms with Gasteiger partial charge in [-0.1, -0.05) is 36.4 Å². The van der Waals surface area contributed by atoms with Crippen LogP contribution in [-0.4, -0.2) is 14.8 Å². The molecule has 5 aromatic rings. The zero-order valence-corrected chi connectivity index (χ0v) is 16.8. The molecule has 3 aromatic heterocycles. The zero-order valence-electron chi connectivity index (χ0n) is 15.9. The number of aromatic nitrogens is 3. The Morgan fingerprint density at radius 3 is 2.70 bits per heavy atom. The van der Waals surface area contributed by atoms with Gasteiger partial charge in [0.1, 0.15) is 0 Å². The highest BCUT2D eigenvalue weighted by molar-refractivity contribution is 7.17. The van der Waals surface area contributed by atoms with Crippen molar-refractivity contribution in [2.75, 3.05) is 0 Å². The lowest BCUT2D eigenvalue weighted by atomic mass is 10.0. The third-order valence-corrected chi connectivity index (χ3v) is 6.06. The number of fused-ring (bicyclic) bond motifs is 2. The molecule has 30 heavy (non-hydrogen) atoms. The minimum absolute atomic E-state index is 0.103. The van der Waals surface area contributed by atoms with Crippen molar-refractivity contribution in [1.82, 2.24) is 14.8 Å².